The third-order valence-electron chi connectivity index (χ3n) is 6.13. The average Bonchev–Trinajstić information content (AvgIpc) is 3.27. The Bertz CT molecular complexity index is 764. The number of aliphatic hydroxyl groups is 1. The van der Waals surface area contributed by atoms with E-state index < -0.39 is 22.3 Å². The molecule has 0 heterocycles. The maximum Gasteiger partial charge on any atom is 0.305 e. The fraction of sp³-hybridized carbons (Fsp3) is 0.818. The van der Waals surface area contributed by atoms with Crippen LogP contribution in [0.2, 0.25) is 0 Å². The van der Waals surface area contributed by atoms with Gasteiger partial charge in [0.05, 0.1) is 19.5 Å². The minimum absolute atomic E-state index is 0.0497. The zero-order valence-electron chi connectivity index (χ0n) is 18.1. The number of hydrogen-bond acceptors (Lipinski definition) is 7. The number of ketones is 1. The lowest BCUT2D eigenvalue weighted by Gasteiger charge is -2.24. The summed E-state index contributed by atoms with van der Waals surface area (Å²) in [6.07, 6.45) is 4.92. The molecular formula is C22H34O7S. The number of carbonyl (C=O) groups excluding carboxylic acids is 2. The molecule has 8 heteroatoms. The lowest BCUT2D eigenvalue weighted by atomic mass is 9.91. The summed E-state index contributed by atoms with van der Waals surface area (Å²) in [6, 6.07) is 0. The molecule has 2 aliphatic carbocycles. The van der Waals surface area contributed by atoms with Crippen molar-refractivity contribution < 1.29 is 32.0 Å². The van der Waals surface area contributed by atoms with Gasteiger partial charge in [-0.2, -0.15) is 8.42 Å². The van der Waals surface area contributed by atoms with Crippen LogP contribution in [0.5, 0.6) is 0 Å². The van der Waals surface area contributed by atoms with Crippen molar-refractivity contribution in [2.45, 2.75) is 76.9 Å². The van der Waals surface area contributed by atoms with Crippen molar-refractivity contribution in [3.05, 3.63) is 0 Å². The van der Waals surface area contributed by atoms with E-state index in [2.05, 4.69) is 23.5 Å². The largest absolute Gasteiger partial charge is 0.469 e. The number of unbranched alkanes of at least 4 members (excludes halogenated alkanes) is 3. The second kappa shape index (κ2) is 11.3. The number of methoxy groups -OCH3 is 1. The number of esters is 1. The van der Waals surface area contributed by atoms with Gasteiger partial charge in [-0.25, -0.2) is 0 Å². The normalized spacial score (nSPS) is 27.0. The third kappa shape index (κ3) is 7.07. The monoisotopic (exact) mass is 442 g/mol. The Morgan fingerprint density at radius 2 is 2.00 bits per heavy atom. The SMILES string of the molecule is CCCCCC(OS(C)(=O)=O)C(O)C1C2CC(=O)C(CC#CCCCC(=O)OC)C21. The molecule has 30 heavy (non-hydrogen) atoms. The van der Waals surface area contributed by atoms with Crippen molar-refractivity contribution in [3.63, 3.8) is 0 Å². The summed E-state index contributed by atoms with van der Waals surface area (Å²) in [6.45, 7) is 2.06. The fourth-order valence-electron chi connectivity index (χ4n) is 4.63. The highest BCUT2D eigenvalue weighted by molar-refractivity contribution is 7.86. The van der Waals surface area contributed by atoms with E-state index >= 15 is 0 Å². The van der Waals surface area contributed by atoms with Crippen LogP contribution < -0.4 is 0 Å². The summed E-state index contributed by atoms with van der Waals surface area (Å²) in [5, 5.41) is 10.9. The molecule has 0 aliphatic heterocycles. The third-order valence-corrected chi connectivity index (χ3v) is 6.73. The van der Waals surface area contributed by atoms with Crippen molar-refractivity contribution >= 4 is 21.9 Å². The minimum Gasteiger partial charge on any atom is -0.469 e. The first-order valence-electron chi connectivity index (χ1n) is 10.8. The standard InChI is InChI=1S/C22H34O7S/c1-4-5-8-12-18(29-30(3,26)27)22(25)21-16-14-17(23)15(20(16)21)11-9-6-7-10-13-19(24)28-2/h15-16,18,20-22,25H,4-5,7-8,10-14H2,1-3H3. The van der Waals surface area contributed by atoms with Crippen LogP contribution in [0, 0.1) is 35.5 Å². The molecule has 0 bridgehead atoms. The number of carbonyl (C=O) groups is 2. The highest BCUT2D eigenvalue weighted by Gasteiger charge is 2.64. The summed E-state index contributed by atoms with van der Waals surface area (Å²) in [7, 11) is -2.32. The topological polar surface area (TPSA) is 107 Å². The molecule has 6 unspecified atom stereocenters. The smallest absolute Gasteiger partial charge is 0.305 e. The van der Waals surface area contributed by atoms with Gasteiger partial charge in [0.1, 0.15) is 11.9 Å². The highest BCUT2D eigenvalue weighted by Crippen LogP contribution is 2.61. The fourth-order valence-corrected chi connectivity index (χ4v) is 5.29. The maximum atomic E-state index is 12.3. The molecule has 2 saturated carbocycles. The summed E-state index contributed by atoms with van der Waals surface area (Å²) in [5.74, 6) is 5.78. The molecule has 6 atom stereocenters. The number of rotatable bonds is 12. The Kier molecular flexibility index (Phi) is 9.32. The highest BCUT2D eigenvalue weighted by atomic mass is 32.2. The molecule has 0 aromatic heterocycles. The molecule has 7 nitrogen and oxygen atoms in total. The number of Topliss-reactive ketones (excluding diaryl/α,β-unsaturated/α-hetero) is 1. The van der Waals surface area contributed by atoms with Gasteiger partial charge in [-0.05, 0) is 30.6 Å². The Labute approximate surface area is 180 Å². The van der Waals surface area contributed by atoms with E-state index in [9.17, 15) is 23.1 Å². The van der Waals surface area contributed by atoms with Crippen molar-refractivity contribution in [1.82, 2.24) is 0 Å². The number of fused-ring (bicyclic) bond motifs is 1. The maximum absolute atomic E-state index is 12.3. The van der Waals surface area contributed by atoms with Crippen LogP contribution in [0.25, 0.3) is 0 Å². The predicted molar refractivity (Wildman–Crippen MR) is 112 cm³/mol. The van der Waals surface area contributed by atoms with E-state index in [0.717, 1.165) is 25.5 Å². The quantitative estimate of drug-likeness (QED) is 0.214. The van der Waals surface area contributed by atoms with Crippen LogP contribution in [0.1, 0.15) is 64.7 Å². The van der Waals surface area contributed by atoms with E-state index in [0.29, 0.717) is 38.5 Å². The summed E-state index contributed by atoms with van der Waals surface area (Å²) >= 11 is 0. The van der Waals surface area contributed by atoms with E-state index in [1.165, 1.54) is 7.11 Å². The first-order chi connectivity index (χ1) is 14.2. The molecule has 2 rings (SSSR count). The summed E-state index contributed by atoms with van der Waals surface area (Å²) < 4.78 is 33.1. The molecule has 1 N–H and O–H groups in total. The van der Waals surface area contributed by atoms with Gasteiger partial charge in [0.25, 0.3) is 10.1 Å². The first-order valence-corrected chi connectivity index (χ1v) is 12.6. The van der Waals surface area contributed by atoms with E-state index in [-0.39, 0.29) is 35.4 Å². The van der Waals surface area contributed by atoms with E-state index in [4.69, 9.17) is 4.18 Å². The zero-order chi connectivity index (χ0) is 22.3. The Balaban J connectivity index is 1.90. The van der Waals surface area contributed by atoms with Crippen molar-refractivity contribution in [2.75, 3.05) is 13.4 Å². The zero-order valence-corrected chi connectivity index (χ0v) is 18.9. The van der Waals surface area contributed by atoms with Gasteiger partial charge < -0.3 is 9.84 Å². The van der Waals surface area contributed by atoms with Crippen LogP contribution in [0.15, 0.2) is 0 Å². The van der Waals surface area contributed by atoms with Gasteiger partial charge in [0.15, 0.2) is 0 Å². The van der Waals surface area contributed by atoms with Crippen molar-refractivity contribution in [3.8, 4) is 11.8 Å². The molecule has 170 valence electrons. The second-order valence-electron chi connectivity index (χ2n) is 8.41. The molecule has 0 amide bonds. The molecule has 2 aliphatic rings. The predicted octanol–water partition coefficient (Wildman–Crippen LogP) is 2.46. The molecule has 0 aromatic carbocycles. The number of ether oxygens (including phenoxy) is 1. The van der Waals surface area contributed by atoms with Gasteiger partial charge in [-0.1, -0.05) is 26.2 Å². The van der Waals surface area contributed by atoms with Crippen LogP contribution in [-0.4, -0.2) is 50.9 Å². The second-order valence-corrected chi connectivity index (χ2v) is 10.0. The molecule has 0 saturated heterocycles. The van der Waals surface area contributed by atoms with Gasteiger partial charge in [-0.3, -0.25) is 13.8 Å². The Morgan fingerprint density at radius 1 is 1.27 bits per heavy atom. The van der Waals surface area contributed by atoms with Gasteiger partial charge in [0.2, 0.25) is 0 Å². The molecule has 0 spiro atoms. The van der Waals surface area contributed by atoms with E-state index in [1.807, 2.05) is 0 Å². The van der Waals surface area contributed by atoms with Crippen molar-refractivity contribution in [2.24, 2.45) is 23.7 Å². The lowest BCUT2D eigenvalue weighted by Crippen LogP contribution is -2.35. The molecule has 2 fully saturated rings. The average molecular weight is 443 g/mol. The Hall–Kier alpha value is -1.43. The minimum atomic E-state index is -3.67. The van der Waals surface area contributed by atoms with Crippen LogP contribution >= 0.6 is 0 Å². The van der Waals surface area contributed by atoms with Gasteiger partial charge >= 0.3 is 5.97 Å². The summed E-state index contributed by atoms with van der Waals surface area (Å²) in [5.41, 5.74) is 0. The van der Waals surface area contributed by atoms with E-state index in [1.54, 1.807) is 0 Å². The molecule has 0 aromatic rings. The van der Waals surface area contributed by atoms with Crippen molar-refractivity contribution in [1.29, 1.82) is 0 Å². The number of hydrogen-bond donors (Lipinski definition) is 1. The van der Waals surface area contributed by atoms with Crippen LogP contribution in [-0.2, 0) is 28.6 Å². The summed E-state index contributed by atoms with van der Waals surface area (Å²) in [4.78, 5) is 23.4. The molecule has 0 radical (unpaired) electrons. The Morgan fingerprint density at radius 3 is 2.63 bits per heavy atom. The lowest BCUT2D eigenvalue weighted by molar-refractivity contribution is -0.140. The van der Waals surface area contributed by atoms with Gasteiger partial charge in [-0.15, -0.1) is 11.8 Å². The first kappa shape index (κ1) is 24.8. The molecular weight excluding hydrogens is 408 g/mol. The van der Waals surface area contributed by atoms with Gasteiger partial charge in [0, 0.05) is 31.6 Å². The van der Waals surface area contributed by atoms with Crippen LogP contribution in [0.4, 0.5) is 0 Å². The van der Waals surface area contributed by atoms with Crippen LogP contribution in [0.3, 0.4) is 0 Å². The number of aliphatic hydroxyl groups excluding tert-OH is 1.